The molecule has 29 heavy (non-hydrogen) atoms. The van der Waals surface area contributed by atoms with E-state index in [4.69, 9.17) is 10.7 Å². The topological polar surface area (TPSA) is 76.2 Å². The smallest absolute Gasteiger partial charge is 0.221 e. The van der Waals surface area contributed by atoms with Gasteiger partial charge in [-0.15, -0.1) is 0 Å². The van der Waals surface area contributed by atoms with Gasteiger partial charge in [0.15, 0.2) is 0 Å². The summed E-state index contributed by atoms with van der Waals surface area (Å²) >= 11 is 0. The molecule has 1 aliphatic rings. The van der Waals surface area contributed by atoms with E-state index in [0.717, 1.165) is 62.4 Å². The Balaban J connectivity index is 1.34. The molecule has 1 amide bonds. The summed E-state index contributed by atoms with van der Waals surface area (Å²) in [6.07, 6.45) is 1.95. The van der Waals surface area contributed by atoms with Crippen molar-refractivity contribution in [3.8, 4) is 0 Å². The van der Waals surface area contributed by atoms with E-state index in [1.165, 1.54) is 11.1 Å². The minimum atomic E-state index is -0.172. The van der Waals surface area contributed by atoms with E-state index in [1.54, 1.807) is 0 Å². The average Bonchev–Trinajstić information content (AvgIpc) is 3.04. The van der Waals surface area contributed by atoms with Crippen LogP contribution in [0.5, 0.6) is 0 Å². The van der Waals surface area contributed by atoms with Crippen LogP contribution >= 0.6 is 0 Å². The molecule has 0 bridgehead atoms. The summed E-state index contributed by atoms with van der Waals surface area (Å²) < 4.78 is 2.14. The molecule has 0 saturated carbocycles. The third-order valence-electron chi connectivity index (χ3n) is 5.80. The molecule has 1 aromatic heterocycles. The van der Waals surface area contributed by atoms with Crippen molar-refractivity contribution in [1.29, 1.82) is 0 Å². The van der Waals surface area contributed by atoms with Crippen molar-refractivity contribution in [3.05, 3.63) is 65.5 Å². The molecule has 3 aromatic rings. The van der Waals surface area contributed by atoms with Gasteiger partial charge in [0.05, 0.1) is 23.5 Å². The number of aryl methyl sites for hydroxylation is 1. The zero-order valence-electron chi connectivity index (χ0n) is 17.0. The first-order valence-corrected chi connectivity index (χ1v) is 10.3. The van der Waals surface area contributed by atoms with Crippen LogP contribution in [0, 0.1) is 5.92 Å². The number of nitrogens with one attached hydrogen (secondary N) is 1. The normalized spacial score (nSPS) is 17.6. The van der Waals surface area contributed by atoms with Crippen LogP contribution < -0.4 is 11.1 Å². The first-order valence-electron chi connectivity index (χ1n) is 10.3. The first kappa shape index (κ1) is 19.6. The number of carbonyl (C=O) groups is 1. The Morgan fingerprint density at radius 2 is 2.00 bits per heavy atom. The molecule has 6 heteroatoms. The van der Waals surface area contributed by atoms with E-state index < -0.39 is 0 Å². The van der Waals surface area contributed by atoms with Gasteiger partial charge in [-0.25, -0.2) is 4.98 Å². The second-order valence-corrected chi connectivity index (χ2v) is 7.98. The minimum absolute atomic E-state index is 0.0121. The number of likely N-dealkylation sites (tertiary alicyclic amines) is 1. The van der Waals surface area contributed by atoms with Crippen LogP contribution in [0.4, 0.5) is 0 Å². The minimum Gasteiger partial charge on any atom is -0.369 e. The largest absolute Gasteiger partial charge is 0.369 e. The lowest BCUT2D eigenvalue weighted by molar-refractivity contribution is -0.123. The molecule has 1 fully saturated rings. The Bertz CT molecular complexity index is 996. The Morgan fingerprint density at radius 1 is 1.17 bits per heavy atom. The number of primary amides is 1. The summed E-state index contributed by atoms with van der Waals surface area (Å²) in [6.45, 7) is 4.18. The molecule has 6 nitrogen and oxygen atoms in total. The van der Waals surface area contributed by atoms with Gasteiger partial charge in [0, 0.05) is 26.7 Å². The summed E-state index contributed by atoms with van der Waals surface area (Å²) in [4.78, 5) is 18.6. The maximum Gasteiger partial charge on any atom is 0.221 e. The van der Waals surface area contributed by atoms with Crippen molar-refractivity contribution in [2.75, 3.05) is 13.1 Å². The maximum atomic E-state index is 11.5. The molecular weight excluding hydrogens is 362 g/mol. The number of carbonyl (C=O) groups excluding carboxylic acids is 1. The van der Waals surface area contributed by atoms with Crippen molar-refractivity contribution >= 4 is 16.9 Å². The Kier molecular flexibility index (Phi) is 5.92. The van der Waals surface area contributed by atoms with Crippen LogP contribution in [-0.2, 0) is 31.5 Å². The number of amides is 1. The Labute approximate surface area is 171 Å². The molecule has 2 heterocycles. The highest BCUT2D eigenvalue weighted by molar-refractivity contribution is 5.77. The number of hydrogen-bond donors (Lipinski definition) is 2. The van der Waals surface area contributed by atoms with Gasteiger partial charge in [0.25, 0.3) is 0 Å². The van der Waals surface area contributed by atoms with Crippen molar-refractivity contribution in [2.45, 2.75) is 32.5 Å². The zero-order chi connectivity index (χ0) is 20.2. The number of hydrogen-bond acceptors (Lipinski definition) is 4. The van der Waals surface area contributed by atoms with Crippen LogP contribution in [-0.4, -0.2) is 33.4 Å². The number of piperidine rings is 1. The van der Waals surface area contributed by atoms with Gasteiger partial charge in [-0.1, -0.05) is 36.4 Å². The number of rotatable bonds is 7. The summed E-state index contributed by atoms with van der Waals surface area (Å²) in [5.74, 6) is 0.852. The lowest BCUT2D eigenvalue weighted by Gasteiger charge is -2.31. The van der Waals surface area contributed by atoms with Gasteiger partial charge >= 0.3 is 0 Å². The lowest BCUT2D eigenvalue weighted by Crippen LogP contribution is -2.40. The Morgan fingerprint density at radius 3 is 2.83 bits per heavy atom. The molecule has 4 rings (SSSR count). The van der Waals surface area contributed by atoms with E-state index in [-0.39, 0.29) is 11.8 Å². The number of benzene rings is 2. The van der Waals surface area contributed by atoms with Gasteiger partial charge in [-0.2, -0.15) is 0 Å². The average molecular weight is 392 g/mol. The summed E-state index contributed by atoms with van der Waals surface area (Å²) in [5.41, 5.74) is 10.2. The van der Waals surface area contributed by atoms with Crippen LogP contribution in [0.2, 0.25) is 0 Å². The van der Waals surface area contributed by atoms with Gasteiger partial charge in [0.1, 0.15) is 5.82 Å². The fourth-order valence-electron chi connectivity index (χ4n) is 4.20. The van der Waals surface area contributed by atoms with Crippen LogP contribution in [0.25, 0.3) is 11.0 Å². The van der Waals surface area contributed by atoms with Crippen LogP contribution in [0.15, 0.2) is 48.5 Å². The molecule has 0 spiro atoms. The fourth-order valence-corrected chi connectivity index (χ4v) is 4.20. The molecule has 1 unspecified atom stereocenters. The monoisotopic (exact) mass is 391 g/mol. The first-order chi connectivity index (χ1) is 14.1. The molecule has 2 aromatic carbocycles. The van der Waals surface area contributed by atoms with E-state index in [1.807, 2.05) is 18.2 Å². The second kappa shape index (κ2) is 8.76. The molecule has 1 aliphatic heterocycles. The molecular formula is C23H29N5O. The van der Waals surface area contributed by atoms with Crippen LogP contribution in [0.1, 0.15) is 29.8 Å². The fraction of sp³-hybridized carbons (Fsp3) is 0.391. The van der Waals surface area contributed by atoms with Gasteiger partial charge < -0.3 is 15.6 Å². The number of fused-ring (bicyclic) bond motifs is 1. The standard InChI is InChI=1S/C23H29N5O/c1-27-21-10-3-2-9-20(21)26-22(27)14-25-13-17-6-4-7-18(12-17)15-28-11-5-8-19(16-28)23(24)29/h2-4,6-7,9-10,12,19,25H,5,8,11,13-16H2,1H3,(H2,24,29). The van der Waals surface area contributed by atoms with Crippen molar-refractivity contribution < 1.29 is 4.79 Å². The quantitative estimate of drug-likeness (QED) is 0.649. The van der Waals surface area contributed by atoms with E-state index >= 15 is 0 Å². The zero-order valence-corrected chi connectivity index (χ0v) is 17.0. The molecule has 152 valence electrons. The summed E-state index contributed by atoms with van der Waals surface area (Å²) in [6, 6.07) is 16.9. The van der Waals surface area contributed by atoms with Gasteiger partial charge in [0.2, 0.25) is 5.91 Å². The van der Waals surface area contributed by atoms with Gasteiger partial charge in [-0.3, -0.25) is 9.69 Å². The Hall–Kier alpha value is -2.70. The van der Waals surface area contributed by atoms with Crippen LogP contribution in [0.3, 0.4) is 0 Å². The van der Waals surface area contributed by atoms with E-state index in [9.17, 15) is 4.79 Å². The predicted octanol–water partition coefficient (Wildman–Crippen LogP) is 2.56. The molecule has 0 aliphatic carbocycles. The predicted molar refractivity (Wildman–Crippen MR) is 115 cm³/mol. The number of imidazole rings is 1. The van der Waals surface area contributed by atoms with E-state index in [2.05, 4.69) is 52.2 Å². The number of para-hydroxylation sites is 2. The van der Waals surface area contributed by atoms with Crippen molar-refractivity contribution in [1.82, 2.24) is 19.8 Å². The summed E-state index contributed by atoms with van der Waals surface area (Å²) in [5, 5.41) is 3.51. The summed E-state index contributed by atoms with van der Waals surface area (Å²) in [7, 11) is 2.06. The number of aromatic nitrogens is 2. The highest BCUT2D eigenvalue weighted by Gasteiger charge is 2.23. The lowest BCUT2D eigenvalue weighted by atomic mass is 9.97. The van der Waals surface area contributed by atoms with E-state index in [0.29, 0.717) is 0 Å². The third-order valence-corrected chi connectivity index (χ3v) is 5.80. The maximum absolute atomic E-state index is 11.5. The second-order valence-electron chi connectivity index (χ2n) is 7.98. The molecule has 1 atom stereocenters. The van der Waals surface area contributed by atoms with Crippen molar-refractivity contribution in [2.24, 2.45) is 18.7 Å². The number of nitrogens with zero attached hydrogens (tertiary/aromatic N) is 3. The van der Waals surface area contributed by atoms with Gasteiger partial charge in [-0.05, 0) is 42.6 Å². The number of nitrogens with two attached hydrogens (primary N) is 1. The molecule has 3 N–H and O–H groups in total. The highest BCUT2D eigenvalue weighted by Crippen LogP contribution is 2.19. The molecule has 0 radical (unpaired) electrons. The third kappa shape index (κ3) is 4.66. The SMILES string of the molecule is Cn1c(CNCc2cccc(CN3CCCC(C(N)=O)C3)c2)nc2ccccc21. The van der Waals surface area contributed by atoms with Crippen molar-refractivity contribution in [3.63, 3.8) is 0 Å². The highest BCUT2D eigenvalue weighted by atomic mass is 16.1. The molecule has 1 saturated heterocycles.